The molecule has 1 heterocycles. The van der Waals surface area contributed by atoms with Crippen molar-refractivity contribution >= 4 is 31.5 Å². The molecule has 1 aliphatic heterocycles. The van der Waals surface area contributed by atoms with E-state index in [2.05, 4.69) is 21.2 Å². The summed E-state index contributed by atoms with van der Waals surface area (Å²) in [7, 11) is -2.88. The molecule has 1 aromatic rings. The van der Waals surface area contributed by atoms with Crippen molar-refractivity contribution in [1.29, 1.82) is 0 Å². The van der Waals surface area contributed by atoms with Gasteiger partial charge >= 0.3 is 0 Å². The van der Waals surface area contributed by atoms with Crippen LogP contribution in [0.4, 0.5) is 5.69 Å². The summed E-state index contributed by atoms with van der Waals surface area (Å²) >= 11 is 3.51. The first-order valence-electron chi connectivity index (χ1n) is 6.31. The van der Waals surface area contributed by atoms with Crippen LogP contribution in [-0.2, 0) is 9.84 Å². The third-order valence-corrected chi connectivity index (χ3v) is 6.04. The van der Waals surface area contributed by atoms with Crippen LogP contribution in [0.3, 0.4) is 0 Å². The Balaban J connectivity index is 2.22. The SMILES string of the molecule is Cc1ccc(Br)c(NC2(CN)CCS(=O)(=O)CC2)c1. The summed E-state index contributed by atoms with van der Waals surface area (Å²) in [5, 5.41) is 3.45. The summed E-state index contributed by atoms with van der Waals surface area (Å²) in [6.07, 6.45) is 1.12. The minimum atomic E-state index is -2.88. The predicted octanol–water partition coefficient (Wildman–Crippen LogP) is 2.08. The van der Waals surface area contributed by atoms with Gasteiger partial charge in [-0.1, -0.05) is 6.07 Å². The third-order valence-electron chi connectivity index (χ3n) is 3.70. The van der Waals surface area contributed by atoms with Crippen LogP contribution in [0.2, 0.25) is 0 Å². The summed E-state index contributed by atoms with van der Waals surface area (Å²) in [5.74, 6) is 0.418. The lowest BCUT2D eigenvalue weighted by molar-refractivity contribution is 0.426. The maximum Gasteiger partial charge on any atom is 0.150 e. The van der Waals surface area contributed by atoms with Crippen molar-refractivity contribution in [3.63, 3.8) is 0 Å². The summed E-state index contributed by atoms with van der Waals surface area (Å²) in [4.78, 5) is 0. The number of hydrogen-bond donors (Lipinski definition) is 2. The number of anilines is 1. The molecule has 3 N–H and O–H groups in total. The molecule has 6 heteroatoms. The second kappa shape index (κ2) is 5.42. The van der Waals surface area contributed by atoms with Gasteiger partial charge in [-0.25, -0.2) is 8.42 Å². The molecule has 1 aliphatic rings. The molecule has 0 amide bonds. The number of nitrogens with one attached hydrogen (secondary N) is 1. The van der Waals surface area contributed by atoms with Crippen LogP contribution in [0.1, 0.15) is 18.4 Å². The van der Waals surface area contributed by atoms with Crippen LogP contribution in [0.5, 0.6) is 0 Å². The van der Waals surface area contributed by atoms with Crippen molar-refractivity contribution < 1.29 is 8.42 Å². The normalized spacial score (nSPS) is 21.0. The number of sulfone groups is 1. The van der Waals surface area contributed by atoms with Crippen LogP contribution in [0.25, 0.3) is 0 Å². The van der Waals surface area contributed by atoms with E-state index in [9.17, 15) is 8.42 Å². The molecular formula is C13H19BrN2O2S. The number of nitrogens with two attached hydrogens (primary N) is 1. The zero-order valence-electron chi connectivity index (χ0n) is 10.9. The molecule has 0 aromatic heterocycles. The van der Waals surface area contributed by atoms with Crippen LogP contribution in [0, 0.1) is 6.92 Å². The molecule has 19 heavy (non-hydrogen) atoms. The standard InChI is InChI=1S/C13H19BrN2O2S/c1-10-2-3-11(14)12(8-10)16-13(9-15)4-6-19(17,18)7-5-13/h2-3,8,16H,4-7,9,15H2,1H3. The first-order valence-corrected chi connectivity index (χ1v) is 8.92. The quantitative estimate of drug-likeness (QED) is 0.878. The second-order valence-electron chi connectivity index (χ2n) is 5.24. The Hall–Kier alpha value is -0.590. The third kappa shape index (κ3) is 3.49. The van der Waals surface area contributed by atoms with E-state index in [1.807, 2.05) is 25.1 Å². The molecule has 0 aliphatic carbocycles. The zero-order valence-corrected chi connectivity index (χ0v) is 13.4. The summed E-state index contributed by atoms with van der Waals surface area (Å²) in [5.41, 5.74) is 7.70. The highest BCUT2D eigenvalue weighted by atomic mass is 79.9. The molecule has 1 saturated heterocycles. The second-order valence-corrected chi connectivity index (χ2v) is 8.40. The predicted molar refractivity (Wildman–Crippen MR) is 82.2 cm³/mol. The molecule has 2 rings (SSSR count). The fraction of sp³-hybridized carbons (Fsp3) is 0.538. The van der Waals surface area contributed by atoms with Crippen LogP contribution in [0.15, 0.2) is 22.7 Å². The Labute approximate surface area is 122 Å². The molecular weight excluding hydrogens is 328 g/mol. The Bertz CT molecular complexity index is 558. The van der Waals surface area contributed by atoms with E-state index >= 15 is 0 Å². The molecule has 0 saturated carbocycles. The fourth-order valence-electron chi connectivity index (χ4n) is 2.33. The van der Waals surface area contributed by atoms with E-state index in [0.29, 0.717) is 19.4 Å². The molecule has 1 fully saturated rings. The largest absolute Gasteiger partial charge is 0.377 e. The van der Waals surface area contributed by atoms with Gasteiger partial charge in [0.25, 0.3) is 0 Å². The maximum atomic E-state index is 11.5. The van der Waals surface area contributed by atoms with Crippen molar-refractivity contribution in [2.75, 3.05) is 23.4 Å². The van der Waals surface area contributed by atoms with Crippen LogP contribution >= 0.6 is 15.9 Å². The van der Waals surface area contributed by atoms with Gasteiger partial charge in [-0.15, -0.1) is 0 Å². The number of halogens is 1. The fourth-order valence-corrected chi connectivity index (χ4v) is 4.28. The Kier molecular flexibility index (Phi) is 4.23. The summed E-state index contributed by atoms with van der Waals surface area (Å²) < 4.78 is 24.1. The average molecular weight is 347 g/mol. The molecule has 0 spiro atoms. The Morgan fingerprint density at radius 3 is 2.58 bits per heavy atom. The number of benzene rings is 1. The first-order chi connectivity index (χ1) is 8.86. The van der Waals surface area contributed by atoms with Gasteiger partial charge in [0, 0.05) is 16.7 Å². The molecule has 0 radical (unpaired) electrons. The van der Waals surface area contributed by atoms with Crippen molar-refractivity contribution in [3.8, 4) is 0 Å². The smallest absolute Gasteiger partial charge is 0.150 e. The van der Waals surface area contributed by atoms with Crippen molar-refractivity contribution in [2.24, 2.45) is 5.73 Å². The van der Waals surface area contributed by atoms with Gasteiger partial charge in [0.1, 0.15) is 0 Å². The highest BCUT2D eigenvalue weighted by Crippen LogP contribution is 2.31. The molecule has 0 atom stereocenters. The topological polar surface area (TPSA) is 72.2 Å². The van der Waals surface area contributed by atoms with Gasteiger partial charge in [0.05, 0.1) is 17.0 Å². The highest BCUT2D eigenvalue weighted by Gasteiger charge is 2.36. The van der Waals surface area contributed by atoms with Crippen molar-refractivity contribution in [2.45, 2.75) is 25.3 Å². The maximum absolute atomic E-state index is 11.5. The van der Waals surface area contributed by atoms with Gasteiger partial charge in [-0.2, -0.15) is 0 Å². The number of aryl methyl sites for hydroxylation is 1. The van der Waals surface area contributed by atoms with E-state index in [4.69, 9.17) is 5.73 Å². The van der Waals surface area contributed by atoms with E-state index < -0.39 is 9.84 Å². The van der Waals surface area contributed by atoms with Crippen LogP contribution < -0.4 is 11.1 Å². The Morgan fingerprint density at radius 1 is 1.37 bits per heavy atom. The minimum Gasteiger partial charge on any atom is -0.377 e. The van der Waals surface area contributed by atoms with Crippen molar-refractivity contribution in [1.82, 2.24) is 0 Å². The first kappa shape index (κ1) is 14.8. The molecule has 0 bridgehead atoms. The van der Waals surface area contributed by atoms with Gasteiger partial charge in [-0.05, 0) is 53.4 Å². The van der Waals surface area contributed by atoms with Gasteiger partial charge in [-0.3, -0.25) is 0 Å². The molecule has 4 nitrogen and oxygen atoms in total. The zero-order chi connectivity index (χ0) is 14.1. The molecule has 106 valence electrons. The summed E-state index contributed by atoms with van der Waals surface area (Å²) in [6, 6.07) is 6.06. The monoisotopic (exact) mass is 346 g/mol. The summed E-state index contributed by atoms with van der Waals surface area (Å²) in [6.45, 7) is 2.46. The van der Waals surface area contributed by atoms with E-state index in [-0.39, 0.29) is 17.0 Å². The lowest BCUT2D eigenvalue weighted by Gasteiger charge is -2.38. The van der Waals surface area contributed by atoms with Crippen LogP contribution in [-0.4, -0.2) is 32.0 Å². The Morgan fingerprint density at radius 2 is 2.00 bits per heavy atom. The van der Waals surface area contributed by atoms with Gasteiger partial charge in [0.2, 0.25) is 0 Å². The molecule has 0 unspecified atom stereocenters. The van der Waals surface area contributed by atoms with Gasteiger partial charge in [0.15, 0.2) is 9.84 Å². The van der Waals surface area contributed by atoms with Crippen molar-refractivity contribution in [3.05, 3.63) is 28.2 Å². The minimum absolute atomic E-state index is 0.209. The lowest BCUT2D eigenvalue weighted by Crippen LogP contribution is -2.51. The van der Waals surface area contributed by atoms with E-state index in [1.165, 1.54) is 0 Å². The van der Waals surface area contributed by atoms with E-state index in [0.717, 1.165) is 15.7 Å². The lowest BCUT2D eigenvalue weighted by atomic mass is 9.92. The van der Waals surface area contributed by atoms with Gasteiger partial charge < -0.3 is 11.1 Å². The van der Waals surface area contributed by atoms with E-state index in [1.54, 1.807) is 0 Å². The highest BCUT2D eigenvalue weighted by molar-refractivity contribution is 9.10. The number of hydrogen-bond acceptors (Lipinski definition) is 4. The number of rotatable bonds is 3. The molecule has 1 aromatic carbocycles. The average Bonchev–Trinajstić information content (AvgIpc) is 2.37.